The summed E-state index contributed by atoms with van der Waals surface area (Å²) in [7, 11) is 0. The quantitative estimate of drug-likeness (QED) is 0.897. The standard InChI is InChI=1S/C11H10BrFO2/c12-7-3-4-9(13)8(6-7)11(14)10-2-1-5-15-10/h2-4,6,11,14H,1,5H2. The highest BCUT2D eigenvalue weighted by molar-refractivity contribution is 9.10. The molecule has 0 spiro atoms. The second-order valence-electron chi connectivity index (χ2n) is 3.31. The van der Waals surface area contributed by atoms with E-state index in [0.717, 1.165) is 10.9 Å². The lowest BCUT2D eigenvalue weighted by molar-refractivity contribution is 0.116. The Kier molecular flexibility index (Phi) is 3.07. The van der Waals surface area contributed by atoms with Crippen LogP contribution in [0.5, 0.6) is 0 Å². The molecule has 1 N–H and O–H groups in total. The zero-order valence-electron chi connectivity index (χ0n) is 7.91. The monoisotopic (exact) mass is 272 g/mol. The Bertz CT molecular complexity index is 404. The molecule has 1 unspecified atom stereocenters. The summed E-state index contributed by atoms with van der Waals surface area (Å²) in [5.74, 6) is 0.00843. The summed E-state index contributed by atoms with van der Waals surface area (Å²) in [4.78, 5) is 0. The van der Waals surface area contributed by atoms with Crippen LogP contribution < -0.4 is 0 Å². The predicted octanol–water partition coefficient (Wildman–Crippen LogP) is 2.93. The molecule has 15 heavy (non-hydrogen) atoms. The summed E-state index contributed by atoms with van der Waals surface area (Å²) < 4.78 is 19.3. The van der Waals surface area contributed by atoms with E-state index in [-0.39, 0.29) is 5.56 Å². The van der Waals surface area contributed by atoms with Crippen LogP contribution in [0.1, 0.15) is 18.1 Å². The number of rotatable bonds is 2. The summed E-state index contributed by atoms with van der Waals surface area (Å²) in [6, 6.07) is 4.47. The van der Waals surface area contributed by atoms with E-state index in [1.165, 1.54) is 6.07 Å². The van der Waals surface area contributed by atoms with Crippen LogP contribution in [0, 0.1) is 5.82 Å². The lowest BCUT2D eigenvalue weighted by atomic mass is 10.1. The largest absolute Gasteiger partial charge is 0.495 e. The van der Waals surface area contributed by atoms with Crippen LogP contribution in [0.15, 0.2) is 34.5 Å². The average Bonchev–Trinajstić information content (AvgIpc) is 2.74. The van der Waals surface area contributed by atoms with Gasteiger partial charge in [-0.3, -0.25) is 0 Å². The molecule has 1 aliphatic heterocycles. The fourth-order valence-electron chi connectivity index (χ4n) is 1.50. The summed E-state index contributed by atoms with van der Waals surface area (Å²) in [6.45, 7) is 0.558. The summed E-state index contributed by atoms with van der Waals surface area (Å²) >= 11 is 3.24. The highest BCUT2D eigenvalue weighted by Gasteiger charge is 2.21. The van der Waals surface area contributed by atoms with Crippen molar-refractivity contribution in [1.29, 1.82) is 0 Å². The van der Waals surface area contributed by atoms with Gasteiger partial charge in [0.25, 0.3) is 0 Å². The zero-order valence-corrected chi connectivity index (χ0v) is 9.50. The van der Waals surface area contributed by atoms with E-state index in [9.17, 15) is 9.50 Å². The number of ether oxygens (including phenoxy) is 1. The Balaban J connectivity index is 2.31. The van der Waals surface area contributed by atoms with Gasteiger partial charge in [0.05, 0.1) is 6.61 Å². The van der Waals surface area contributed by atoms with Crippen LogP contribution in [0.25, 0.3) is 0 Å². The topological polar surface area (TPSA) is 29.5 Å². The van der Waals surface area contributed by atoms with Crippen molar-refractivity contribution >= 4 is 15.9 Å². The van der Waals surface area contributed by atoms with Crippen LogP contribution in [-0.4, -0.2) is 11.7 Å². The number of hydrogen-bond acceptors (Lipinski definition) is 2. The third kappa shape index (κ3) is 2.21. The molecule has 80 valence electrons. The molecule has 1 aromatic carbocycles. The first-order valence-electron chi connectivity index (χ1n) is 4.64. The Morgan fingerprint density at radius 3 is 2.93 bits per heavy atom. The van der Waals surface area contributed by atoms with Gasteiger partial charge >= 0.3 is 0 Å². The molecule has 1 heterocycles. The van der Waals surface area contributed by atoms with Crippen molar-refractivity contribution in [2.75, 3.05) is 6.61 Å². The van der Waals surface area contributed by atoms with Crippen molar-refractivity contribution in [1.82, 2.24) is 0 Å². The Hall–Kier alpha value is -0.870. The van der Waals surface area contributed by atoms with Crippen molar-refractivity contribution in [3.8, 4) is 0 Å². The van der Waals surface area contributed by atoms with Crippen LogP contribution in [0.3, 0.4) is 0 Å². The SMILES string of the molecule is OC(C1=CCCO1)c1cc(Br)ccc1F. The van der Waals surface area contributed by atoms with Gasteiger partial charge in [-0.25, -0.2) is 4.39 Å². The fourth-order valence-corrected chi connectivity index (χ4v) is 1.88. The molecule has 1 aliphatic rings. The second kappa shape index (κ2) is 4.33. The Morgan fingerprint density at radius 1 is 1.47 bits per heavy atom. The Morgan fingerprint density at radius 2 is 2.27 bits per heavy atom. The molecule has 4 heteroatoms. The number of hydrogen-bond donors (Lipinski definition) is 1. The van der Waals surface area contributed by atoms with Gasteiger partial charge in [-0.1, -0.05) is 15.9 Å². The van der Waals surface area contributed by atoms with E-state index >= 15 is 0 Å². The van der Waals surface area contributed by atoms with Crippen LogP contribution >= 0.6 is 15.9 Å². The van der Waals surface area contributed by atoms with Crippen molar-refractivity contribution in [2.45, 2.75) is 12.5 Å². The molecule has 0 amide bonds. The molecule has 0 aromatic heterocycles. The van der Waals surface area contributed by atoms with E-state index in [4.69, 9.17) is 4.74 Å². The van der Waals surface area contributed by atoms with Crippen molar-refractivity contribution in [3.63, 3.8) is 0 Å². The number of aliphatic hydroxyl groups excluding tert-OH is 1. The molecule has 0 bridgehead atoms. The molecule has 0 saturated carbocycles. The molecule has 2 rings (SSSR count). The minimum Gasteiger partial charge on any atom is -0.495 e. The van der Waals surface area contributed by atoms with Crippen LogP contribution in [0.4, 0.5) is 4.39 Å². The molecular formula is C11H10BrFO2. The summed E-state index contributed by atoms with van der Waals surface area (Å²) in [6.07, 6.45) is 1.54. The van der Waals surface area contributed by atoms with Gasteiger partial charge in [0.2, 0.25) is 0 Å². The molecule has 1 atom stereocenters. The van der Waals surface area contributed by atoms with E-state index in [1.54, 1.807) is 18.2 Å². The van der Waals surface area contributed by atoms with Gasteiger partial charge < -0.3 is 9.84 Å². The fraction of sp³-hybridized carbons (Fsp3) is 0.273. The molecule has 0 radical (unpaired) electrons. The van der Waals surface area contributed by atoms with E-state index < -0.39 is 11.9 Å². The van der Waals surface area contributed by atoms with Gasteiger partial charge in [0, 0.05) is 16.5 Å². The number of aliphatic hydroxyl groups is 1. The zero-order chi connectivity index (χ0) is 10.8. The van der Waals surface area contributed by atoms with Crippen LogP contribution in [-0.2, 0) is 4.74 Å². The Labute approximate surface area is 95.5 Å². The first kappa shape index (κ1) is 10.6. The van der Waals surface area contributed by atoms with E-state index in [2.05, 4.69) is 15.9 Å². The third-order valence-electron chi connectivity index (χ3n) is 2.25. The maximum atomic E-state index is 13.4. The molecule has 0 saturated heterocycles. The second-order valence-corrected chi connectivity index (χ2v) is 4.23. The number of benzene rings is 1. The minimum absolute atomic E-state index is 0.234. The molecular weight excluding hydrogens is 263 g/mol. The normalized spacial score (nSPS) is 17.1. The first-order chi connectivity index (χ1) is 7.18. The van der Waals surface area contributed by atoms with Gasteiger partial charge in [-0.15, -0.1) is 0 Å². The van der Waals surface area contributed by atoms with Crippen molar-refractivity contribution in [3.05, 3.63) is 45.9 Å². The van der Waals surface area contributed by atoms with Gasteiger partial charge in [-0.2, -0.15) is 0 Å². The van der Waals surface area contributed by atoms with Crippen molar-refractivity contribution < 1.29 is 14.2 Å². The third-order valence-corrected chi connectivity index (χ3v) is 2.75. The van der Waals surface area contributed by atoms with Crippen molar-refractivity contribution in [2.24, 2.45) is 0 Å². The van der Waals surface area contributed by atoms with Gasteiger partial charge in [-0.05, 0) is 24.3 Å². The first-order valence-corrected chi connectivity index (χ1v) is 5.43. The van der Waals surface area contributed by atoms with Gasteiger partial charge in [0.15, 0.2) is 0 Å². The maximum Gasteiger partial charge on any atom is 0.139 e. The smallest absolute Gasteiger partial charge is 0.139 e. The molecule has 1 aromatic rings. The molecule has 2 nitrogen and oxygen atoms in total. The average molecular weight is 273 g/mol. The van der Waals surface area contributed by atoms with Crippen LogP contribution in [0.2, 0.25) is 0 Å². The highest BCUT2D eigenvalue weighted by atomic mass is 79.9. The van der Waals surface area contributed by atoms with E-state index in [1.807, 2.05) is 0 Å². The maximum absolute atomic E-state index is 13.4. The van der Waals surface area contributed by atoms with Gasteiger partial charge in [0.1, 0.15) is 17.7 Å². The highest BCUT2D eigenvalue weighted by Crippen LogP contribution is 2.29. The van der Waals surface area contributed by atoms with E-state index in [0.29, 0.717) is 12.4 Å². The lowest BCUT2D eigenvalue weighted by Crippen LogP contribution is -2.04. The molecule has 0 fully saturated rings. The summed E-state index contributed by atoms with van der Waals surface area (Å²) in [5, 5.41) is 9.87. The minimum atomic E-state index is -1.01. The lowest BCUT2D eigenvalue weighted by Gasteiger charge is -2.13. The molecule has 0 aliphatic carbocycles. The predicted molar refractivity (Wildman–Crippen MR) is 57.7 cm³/mol. The summed E-state index contributed by atoms with van der Waals surface area (Å²) in [5.41, 5.74) is 0.234. The number of halogens is 2.